The summed E-state index contributed by atoms with van der Waals surface area (Å²) in [5.74, 6) is -0.467. The number of carbonyl (C=O) groups excluding carboxylic acids is 1. The molecule has 0 saturated carbocycles. The van der Waals surface area contributed by atoms with Crippen molar-refractivity contribution in [3.05, 3.63) is 17.8 Å². The van der Waals surface area contributed by atoms with Crippen LogP contribution in [0.3, 0.4) is 0 Å². The van der Waals surface area contributed by atoms with Crippen molar-refractivity contribution < 1.29 is 9.18 Å². The molecule has 5 nitrogen and oxygen atoms in total. The largest absolute Gasteiger partial charge is 0.356 e. The highest BCUT2D eigenvalue weighted by Gasteiger charge is 2.20. The Morgan fingerprint density at radius 3 is 2.53 bits per heavy atom. The van der Waals surface area contributed by atoms with Crippen molar-refractivity contribution in [2.45, 2.75) is 40.2 Å². The number of halogens is 1. The second-order valence-electron chi connectivity index (χ2n) is 4.21. The molecular weight excluding hydrogens is 247 g/mol. The third-order valence-electron chi connectivity index (χ3n) is 3.00. The summed E-state index contributed by atoms with van der Waals surface area (Å²) in [6.07, 6.45) is 1.79. The topological polar surface area (TPSA) is 58.1 Å². The molecule has 6 heteroatoms. The van der Waals surface area contributed by atoms with E-state index in [9.17, 15) is 9.18 Å². The molecule has 0 spiro atoms. The van der Waals surface area contributed by atoms with Crippen molar-refractivity contribution in [2.24, 2.45) is 0 Å². The van der Waals surface area contributed by atoms with Gasteiger partial charge in [-0.05, 0) is 27.2 Å². The van der Waals surface area contributed by atoms with Crippen LogP contribution >= 0.6 is 0 Å². The van der Waals surface area contributed by atoms with Crippen LogP contribution in [-0.2, 0) is 11.2 Å². The molecule has 1 amide bonds. The van der Waals surface area contributed by atoms with Gasteiger partial charge in [0, 0.05) is 13.1 Å². The van der Waals surface area contributed by atoms with E-state index in [1.54, 1.807) is 11.8 Å². The van der Waals surface area contributed by atoms with E-state index in [0.29, 0.717) is 25.2 Å². The average Bonchev–Trinajstić information content (AvgIpc) is 2.42. The maximum atomic E-state index is 13.9. The first-order chi connectivity index (χ1) is 9.04. The van der Waals surface area contributed by atoms with Gasteiger partial charge in [0.1, 0.15) is 12.4 Å². The zero-order valence-electron chi connectivity index (χ0n) is 11.9. The number of anilines is 1. The molecule has 0 radical (unpaired) electrons. The van der Waals surface area contributed by atoms with Crippen molar-refractivity contribution in [1.29, 1.82) is 0 Å². The quantitative estimate of drug-likeness (QED) is 0.855. The molecule has 1 rings (SSSR count). The summed E-state index contributed by atoms with van der Waals surface area (Å²) in [5.41, 5.74) is 0.347. The number of likely N-dealkylation sites (N-methyl/N-ethyl adjacent to an activating group) is 1. The molecule has 0 aliphatic carbocycles. The second kappa shape index (κ2) is 7.01. The smallest absolute Gasteiger partial charge is 0.244 e. The predicted octanol–water partition coefficient (Wildman–Crippen LogP) is 1.85. The number of aromatic nitrogens is 2. The first kappa shape index (κ1) is 15.3. The fourth-order valence-corrected chi connectivity index (χ4v) is 1.83. The van der Waals surface area contributed by atoms with E-state index in [0.717, 1.165) is 0 Å². The van der Waals surface area contributed by atoms with Gasteiger partial charge in [-0.2, -0.15) is 0 Å². The van der Waals surface area contributed by atoms with E-state index in [1.807, 2.05) is 20.8 Å². The SMILES string of the molecule is CCc1ncnc(NC(C)C(=O)N(CC)CC)c1F. The zero-order chi connectivity index (χ0) is 14.4. The summed E-state index contributed by atoms with van der Waals surface area (Å²) in [6, 6.07) is -0.519. The molecule has 1 unspecified atom stereocenters. The molecule has 0 aromatic carbocycles. The Morgan fingerprint density at radius 1 is 1.37 bits per heavy atom. The predicted molar refractivity (Wildman–Crippen MR) is 72.4 cm³/mol. The first-order valence-corrected chi connectivity index (χ1v) is 6.59. The fraction of sp³-hybridized carbons (Fsp3) is 0.615. The van der Waals surface area contributed by atoms with Crippen molar-refractivity contribution >= 4 is 11.7 Å². The highest BCUT2D eigenvalue weighted by molar-refractivity contribution is 5.84. The molecule has 0 bridgehead atoms. The van der Waals surface area contributed by atoms with E-state index >= 15 is 0 Å². The maximum absolute atomic E-state index is 13.9. The van der Waals surface area contributed by atoms with Crippen molar-refractivity contribution in [3.63, 3.8) is 0 Å². The molecule has 1 aromatic heterocycles. The van der Waals surface area contributed by atoms with E-state index in [1.165, 1.54) is 6.33 Å². The van der Waals surface area contributed by atoms with Crippen LogP contribution in [0.5, 0.6) is 0 Å². The van der Waals surface area contributed by atoms with Crippen LogP contribution in [-0.4, -0.2) is 39.9 Å². The highest BCUT2D eigenvalue weighted by Crippen LogP contribution is 2.14. The van der Waals surface area contributed by atoms with Gasteiger partial charge in [0.15, 0.2) is 11.6 Å². The average molecular weight is 268 g/mol. The lowest BCUT2D eigenvalue weighted by molar-refractivity contribution is -0.131. The van der Waals surface area contributed by atoms with Crippen LogP contribution in [0.25, 0.3) is 0 Å². The molecule has 0 aliphatic rings. The standard InChI is InChI=1S/C13H21FN4O/c1-5-10-11(14)12(16-8-15-10)17-9(4)13(19)18(6-2)7-3/h8-9H,5-7H2,1-4H3,(H,15,16,17). The molecule has 0 saturated heterocycles. The molecule has 1 atom stereocenters. The number of hydrogen-bond acceptors (Lipinski definition) is 4. The number of hydrogen-bond donors (Lipinski definition) is 1. The molecule has 0 aliphatic heterocycles. The van der Waals surface area contributed by atoms with Crippen LogP contribution in [0.1, 0.15) is 33.4 Å². The van der Waals surface area contributed by atoms with Gasteiger partial charge in [-0.25, -0.2) is 14.4 Å². The number of nitrogens with one attached hydrogen (secondary N) is 1. The summed E-state index contributed by atoms with van der Waals surface area (Å²) >= 11 is 0. The normalized spacial score (nSPS) is 12.1. The van der Waals surface area contributed by atoms with Crippen molar-refractivity contribution in [1.82, 2.24) is 14.9 Å². The summed E-state index contributed by atoms with van der Waals surface area (Å²) in [7, 11) is 0. The Kier molecular flexibility index (Phi) is 5.66. The van der Waals surface area contributed by atoms with Crippen LogP contribution in [0.4, 0.5) is 10.2 Å². The van der Waals surface area contributed by atoms with Gasteiger partial charge in [0.2, 0.25) is 5.91 Å². The van der Waals surface area contributed by atoms with Gasteiger partial charge in [-0.3, -0.25) is 4.79 Å². The van der Waals surface area contributed by atoms with Gasteiger partial charge in [-0.1, -0.05) is 6.92 Å². The Hall–Kier alpha value is -1.72. The van der Waals surface area contributed by atoms with Crippen molar-refractivity contribution in [2.75, 3.05) is 18.4 Å². The van der Waals surface area contributed by atoms with Crippen LogP contribution in [0, 0.1) is 5.82 Å². The Morgan fingerprint density at radius 2 is 2.00 bits per heavy atom. The molecule has 1 N–H and O–H groups in total. The van der Waals surface area contributed by atoms with E-state index < -0.39 is 11.9 Å². The maximum Gasteiger partial charge on any atom is 0.244 e. The second-order valence-corrected chi connectivity index (χ2v) is 4.21. The molecule has 0 fully saturated rings. The van der Waals surface area contributed by atoms with Crippen LogP contribution < -0.4 is 5.32 Å². The zero-order valence-corrected chi connectivity index (χ0v) is 11.9. The summed E-state index contributed by atoms with van der Waals surface area (Å²) in [6.45, 7) is 8.61. The number of aryl methyl sites for hydroxylation is 1. The van der Waals surface area contributed by atoms with E-state index in [-0.39, 0.29) is 11.7 Å². The van der Waals surface area contributed by atoms with Gasteiger partial charge < -0.3 is 10.2 Å². The van der Waals surface area contributed by atoms with Crippen molar-refractivity contribution in [3.8, 4) is 0 Å². The van der Waals surface area contributed by atoms with Crippen LogP contribution in [0.2, 0.25) is 0 Å². The third kappa shape index (κ3) is 3.62. The van der Waals surface area contributed by atoms with Crippen LogP contribution in [0.15, 0.2) is 6.33 Å². The highest BCUT2D eigenvalue weighted by atomic mass is 19.1. The fourth-order valence-electron chi connectivity index (χ4n) is 1.83. The Bertz CT molecular complexity index is 435. The molecule has 1 aromatic rings. The summed E-state index contributed by atoms with van der Waals surface area (Å²) in [4.78, 5) is 21.5. The molecule has 19 heavy (non-hydrogen) atoms. The first-order valence-electron chi connectivity index (χ1n) is 6.59. The lowest BCUT2D eigenvalue weighted by Gasteiger charge is -2.23. The Balaban J connectivity index is 2.82. The minimum absolute atomic E-state index is 0.0685. The molecule has 1 heterocycles. The number of rotatable bonds is 6. The number of carbonyl (C=O) groups is 1. The number of amides is 1. The Labute approximate surface area is 113 Å². The van der Waals surface area contributed by atoms with Gasteiger partial charge in [0.25, 0.3) is 0 Å². The molecular formula is C13H21FN4O. The lowest BCUT2D eigenvalue weighted by Crippen LogP contribution is -2.41. The lowest BCUT2D eigenvalue weighted by atomic mass is 10.2. The van der Waals surface area contributed by atoms with E-state index in [4.69, 9.17) is 0 Å². The van der Waals surface area contributed by atoms with E-state index in [2.05, 4.69) is 15.3 Å². The monoisotopic (exact) mass is 268 g/mol. The van der Waals surface area contributed by atoms with Gasteiger partial charge in [0.05, 0.1) is 5.69 Å². The third-order valence-corrected chi connectivity index (χ3v) is 3.00. The minimum atomic E-state index is -0.519. The molecule has 106 valence electrons. The minimum Gasteiger partial charge on any atom is -0.356 e. The van der Waals surface area contributed by atoms with Gasteiger partial charge >= 0.3 is 0 Å². The summed E-state index contributed by atoms with van der Waals surface area (Å²) in [5, 5.41) is 2.82. The summed E-state index contributed by atoms with van der Waals surface area (Å²) < 4.78 is 13.9. The number of nitrogens with zero attached hydrogens (tertiary/aromatic N) is 3. The van der Waals surface area contributed by atoms with Gasteiger partial charge in [-0.15, -0.1) is 0 Å².